The topological polar surface area (TPSA) is 53.7 Å². The molecule has 278 valence electrons. The van der Waals surface area contributed by atoms with Gasteiger partial charge in [-0.25, -0.2) is 9.98 Å². The van der Waals surface area contributed by atoms with Gasteiger partial charge in [-0.3, -0.25) is 0 Å². The summed E-state index contributed by atoms with van der Waals surface area (Å²) in [6, 6.07) is 27.2. The van der Waals surface area contributed by atoms with E-state index in [1.54, 1.807) is 0 Å². The maximum atomic E-state index is 7.27. The Labute approximate surface area is 315 Å². The smallest absolute Gasteiger partial charge is 0.211 e. The highest BCUT2D eigenvalue weighted by molar-refractivity contribution is 5.78. The van der Waals surface area contributed by atoms with Crippen LogP contribution in [0, 0.1) is 6.92 Å². The van der Waals surface area contributed by atoms with E-state index < -0.39 is 0 Å². The van der Waals surface area contributed by atoms with Crippen molar-refractivity contribution in [2.75, 3.05) is 0 Å². The third kappa shape index (κ3) is 5.97. The minimum absolute atomic E-state index is 0.101. The molecule has 1 aliphatic heterocycles. The van der Waals surface area contributed by atoms with Crippen molar-refractivity contribution in [3.05, 3.63) is 106 Å². The van der Waals surface area contributed by atoms with Gasteiger partial charge in [-0.15, -0.1) is 0 Å². The molecule has 4 aromatic carbocycles. The number of ether oxygens (including phenoxy) is 1. The molecule has 0 aliphatic carbocycles. The van der Waals surface area contributed by atoms with E-state index in [-0.39, 0.29) is 35.0 Å². The van der Waals surface area contributed by atoms with Gasteiger partial charge in [0.1, 0.15) is 11.4 Å². The van der Waals surface area contributed by atoms with E-state index in [1.165, 1.54) is 27.6 Å². The molecule has 0 fully saturated rings. The Bertz CT molecular complexity index is 2420. The number of hydrogen-bond acceptors (Lipinski definition) is 3. The average molecular weight is 711 g/mol. The number of aryl methyl sites for hydroxylation is 1. The summed E-state index contributed by atoms with van der Waals surface area (Å²) >= 11 is 0. The lowest BCUT2D eigenvalue weighted by molar-refractivity contribution is 0.417. The van der Waals surface area contributed by atoms with Crippen LogP contribution < -0.4 is 16.0 Å². The minimum Gasteiger partial charge on any atom is -0.452 e. The first kappa shape index (κ1) is 36.6. The second-order valence-corrected chi connectivity index (χ2v) is 17.7. The monoisotopic (exact) mass is 710 g/mol. The Morgan fingerprint density at radius 1 is 0.547 bits per heavy atom. The largest absolute Gasteiger partial charge is 0.452 e. The second-order valence-electron chi connectivity index (χ2n) is 17.7. The van der Waals surface area contributed by atoms with Crippen LogP contribution in [0.1, 0.15) is 136 Å². The molecule has 0 amide bonds. The van der Waals surface area contributed by atoms with E-state index in [9.17, 15) is 0 Å². The van der Waals surface area contributed by atoms with Crippen molar-refractivity contribution >= 4 is 33.4 Å². The molecule has 7 heteroatoms. The van der Waals surface area contributed by atoms with Crippen LogP contribution in [0.5, 0.6) is 11.5 Å². The predicted octanol–water partition coefficient (Wildman–Crippen LogP) is 12.0. The van der Waals surface area contributed by atoms with Crippen molar-refractivity contribution in [3.8, 4) is 11.5 Å². The molecule has 0 radical (unpaired) electrons. The molecule has 1 aliphatic rings. The van der Waals surface area contributed by atoms with E-state index in [0.717, 1.165) is 50.8 Å². The van der Waals surface area contributed by atoms with Crippen LogP contribution in [-0.4, -0.2) is 18.3 Å². The third-order valence-corrected chi connectivity index (χ3v) is 10.9. The molecule has 2 aromatic heterocycles. The number of nitrogens with zero attached hydrogens (tertiary/aromatic N) is 6. The fraction of sp³-hybridized carbons (Fsp3) is 0.435. The van der Waals surface area contributed by atoms with Gasteiger partial charge >= 0.3 is 0 Å². The maximum Gasteiger partial charge on any atom is 0.211 e. The number of benzene rings is 4. The summed E-state index contributed by atoms with van der Waals surface area (Å²) in [6.07, 6.45) is 0. The standard InChI is InChI=1S/C46H58N6O/c1-27(2)49-37-19-15-16-20-38(37)50(28(3)4)43(49)47-35-24-31(9)23-33-41(35)53-42-34(46(33,13)14)25-32(45(10,11)12)26-36(42)48-44-51(29(5)6)39-21-17-18-22-40(39)52(44)30(7)8/h15-30H,1-14H3. The Morgan fingerprint density at radius 3 is 1.26 bits per heavy atom. The molecule has 0 saturated carbocycles. The van der Waals surface area contributed by atoms with Gasteiger partial charge in [-0.2, -0.15) is 0 Å². The zero-order valence-corrected chi connectivity index (χ0v) is 34.3. The molecule has 53 heavy (non-hydrogen) atoms. The molecule has 0 N–H and O–H groups in total. The van der Waals surface area contributed by atoms with Gasteiger partial charge in [-0.1, -0.05) is 71.0 Å². The van der Waals surface area contributed by atoms with Gasteiger partial charge in [-0.05, 0) is 115 Å². The molecule has 7 rings (SSSR count). The predicted molar refractivity (Wildman–Crippen MR) is 220 cm³/mol. The van der Waals surface area contributed by atoms with Crippen molar-refractivity contribution in [3.63, 3.8) is 0 Å². The highest BCUT2D eigenvalue weighted by atomic mass is 16.5. The molecule has 7 nitrogen and oxygen atoms in total. The third-order valence-electron chi connectivity index (χ3n) is 10.9. The van der Waals surface area contributed by atoms with E-state index in [2.05, 4.69) is 188 Å². The normalized spacial score (nSPS) is 14.1. The van der Waals surface area contributed by atoms with Crippen LogP contribution in [0.3, 0.4) is 0 Å². The lowest BCUT2D eigenvalue weighted by Gasteiger charge is -2.37. The number of rotatable bonds is 6. The first-order chi connectivity index (χ1) is 24.9. The van der Waals surface area contributed by atoms with E-state index >= 15 is 0 Å². The van der Waals surface area contributed by atoms with Gasteiger partial charge in [0, 0.05) is 40.7 Å². The Morgan fingerprint density at radius 2 is 0.906 bits per heavy atom. The number of aromatic nitrogens is 4. The number of imidazole rings is 2. The molecule has 0 unspecified atom stereocenters. The summed E-state index contributed by atoms with van der Waals surface area (Å²) in [4.78, 5) is 11.2. The highest BCUT2D eigenvalue weighted by Gasteiger charge is 2.39. The minimum atomic E-state index is -0.387. The fourth-order valence-corrected chi connectivity index (χ4v) is 8.23. The average Bonchev–Trinajstić information content (AvgIpc) is 3.57. The molecule has 0 spiro atoms. The summed E-state index contributed by atoms with van der Waals surface area (Å²) in [7, 11) is 0. The van der Waals surface area contributed by atoms with E-state index in [1.807, 2.05) is 0 Å². The number of fused-ring (bicyclic) bond motifs is 4. The van der Waals surface area contributed by atoms with Crippen LogP contribution in [0.25, 0.3) is 22.1 Å². The molecule has 0 bridgehead atoms. The highest BCUT2D eigenvalue weighted by Crippen LogP contribution is 2.55. The van der Waals surface area contributed by atoms with Gasteiger partial charge in [0.2, 0.25) is 11.2 Å². The molecule has 0 atom stereocenters. The first-order valence-electron chi connectivity index (χ1n) is 19.5. The summed E-state index contributed by atoms with van der Waals surface area (Å²) in [5.41, 5.74) is 12.4. The zero-order valence-electron chi connectivity index (χ0n) is 34.3. The molecular weight excluding hydrogens is 653 g/mol. The zero-order chi connectivity index (χ0) is 38.3. The summed E-state index contributed by atoms with van der Waals surface area (Å²) in [5, 5.41) is 0. The molecule has 0 saturated heterocycles. The second kappa shape index (κ2) is 13.0. The van der Waals surface area contributed by atoms with Crippen molar-refractivity contribution in [2.45, 2.75) is 132 Å². The van der Waals surface area contributed by atoms with Crippen molar-refractivity contribution < 1.29 is 4.74 Å². The number of para-hydroxylation sites is 4. The Kier molecular flexibility index (Phi) is 8.94. The first-order valence-corrected chi connectivity index (χ1v) is 19.5. The van der Waals surface area contributed by atoms with Crippen LogP contribution >= 0.6 is 0 Å². The van der Waals surface area contributed by atoms with E-state index in [0.29, 0.717) is 0 Å². The Hall–Kier alpha value is -4.78. The molecular formula is C46H58N6O. The quantitative estimate of drug-likeness (QED) is 0.170. The molecule has 6 aromatic rings. The van der Waals surface area contributed by atoms with Crippen LogP contribution in [0.4, 0.5) is 11.4 Å². The number of hydrogen-bond donors (Lipinski definition) is 0. The lowest BCUT2D eigenvalue weighted by Crippen LogP contribution is -2.29. The molecule has 3 heterocycles. The van der Waals surface area contributed by atoms with Gasteiger partial charge in [0.05, 0.1) is 22.1 Å². The van der Waals surface area contributed by atoms with Crippen molar-refractivity contribution in [1.82, 2.24) is 18.3 Å². The Balaban J connectivity index is 1.58. The van der Waals surface area contributed by atoms with Gasteiger partial charge < -0.3 is 23.0 Å². The van der Waals surface area contributed by atoms with Crippen molar-refractivity contribution in [1.29, 1.82) is 0 Å². The lowest BCUT2D eigenvalue weighted by atomic mass is 9.72. The SMILES string of the molecule is Cc1cc(N=c2n(C(C)C)c3ccccc3n2C(C)C)c2c(c1)C(C)(C)c1cc(C(C)(C)C)cc(N=c3n(C(C)C)c4ccccc4n3C(C)C)c1O2. The summed E-state index contributed by atoms with van der Waals surface area (Å²) in [6.45, 7) is 31.5. The summed E-state index contributed by atoms with van der Waals surface area (Å²) in [5.74, 6) is 1.60. The van der Waals surface area contributed by atoms with Gasteiger partial charge in [0.25, 0.3) is 0 Å². The van der Waals surface area contributed by atoms with Crippen LogP contribution in [0.15, 0.2) is 82.8 Å². The van der Waals surface area contributed by atoms with E-state index in [4.69, 9.17) is 14.7 Å². The van der Waals surface area contributed by atoms with Crippen LogP contribution in [0.2, 0.25) is 0 Å². The fourth-order valence-electron chi connectivity index (χ4n) is 8.23. The summed E-state index contributed by atoms with van der Waals surface area (Å²) < 4.78 is 16.7. The maximum absolute atomic E-state index is 7.27. The van der Waals surface area contributed by atoms with Crippen molar-refractivity contribution in [2.24, 2.45) is 9.98 Å². The van der Waals surface area contributed by atoms with Gasteiger partial charge in [0.15, 0.2) is 11.5 Å². The van der Waals surface area contributed by atoms with Crippen LogP contribution in [-0.2, 0) is 10.8 Å².